The van der Waals surface area contributed by atoms with E-state index in [0.717, 1.165) is 25.1 Å². The zero-order chi connectivity index (χ0) is 15.0. The first-order chi connectivity index (χ1) is 9.58. The third-order valence-electron chi connectivity index (χ3n) is 3.23. The molecule has 1 aromatic rings. The van der Waals surface area contributed by atoms with Crippen LogP contribution in [0.25, 0.3) is 0 Å². The Labute approximate surface area is 127 Å². The van der Waals surface area contributed by atoms with Gasteiger partial charge in [0.05, 0.1) is 0 Å². The van der Waals surface area contributed by atoms with Gasteiger partial charge in [-0.2, -0.15) is 0 Å². The number of amides is 1. The molecule has 0 fully saturated rings. The van der Waals surface area contributed by atoms with E-state index in [0.29, 0.717) is 18.3 Å². The number of hydrogen-bond acceptors (Lipinski definition) is 2. The van der Waals surface area contributed by atoms with Crippen LogP contribution in [0.15, 0.2) is 24.3 Å². The summed E-state index contributed by atoms with van der Waals surface area (Å²) in [7, 11) is 0. The van der Waals surface area contributed by atoms with Crippen molar-refractivity contribution in [2.75, 3.05) is 22.6 Å². The predicted octanol–water partition coefficient (Wildman–Crippen LogP) is 4.27. The van der Waals surface area contributed by atoms with Gasteiger partial charge in [0.15, 0.2) is 0 Å². The van der Waals surface area contributed by atoms with E-state index in [2.05, 4.69) is 43.1 Å². The molecule has 1 amide bonds. The molecule has 0 aromatic heterocycles. The lowest BCUT2D eigenvalue weighted by molar-refractivity contribution is -0.116. The average molecular weight is 297 g/mol. The SMILES string of the molecule is CCN(c1ccc(NC(=O)CCCCCl)cc1)C(C)C. The molecule has 1 aromatic carbocycles. The quantitative estimate of drug-likeness (QED) is 0.574. The van der Waals surface area contributed by atoms with E-state index in [1.54, 1.807) is 0 Å². The monoisotopic (exact) mass is 296 g/mol. The van der Waals surface area contributed by atoms with E-state index in [9.17, 15) is 4.79 Å². The lowest BCUT2D eigenvalue weighted by Crippen LogP contribution is -2.30. The third-order valence-corrected chi connectivity index (χ3v) is 3.50. The van der Waals surface area contributed by atoms with Gasteiger partial charge >= 0.3 is 0 Å². The van der Waals surface area contributed by atoms with Crippen molar-refractivity contribution in [2.45, 2.75) is 46.1 Å². The molecular weight excluding hydrogens is 272 g/mol. The molecule has 0 saturated heterocycles. The van der Waals surface area contributed by atoms with Gasteiger partial charge in [-0.15, -0.1) is 11.6 Å². The molecule has 0 bridgehead atoms. The number of rotatable bonds is 8. The summed E-state index contributed by atoms with van der Waals surface area (Å²) >= 11 is 5.60. The van der Waals surface area contributed by atoms with Crippen molar-refractivity contribution in [3.8, 4) is 0 Å². The van der Waals surface area contributed by atoms with Crippen LogP contribution < -0.4 is 10.2 Å². The van der Waals surface area contributed by atoms with Gasteiger partial charge in [-0.1, -0.05) is 0 Å². The van der Waals surface area contributed by atoms with E-state index in [1.165, 1.54) is 5.69 Å². The minimum atomic E-state index is 0.0547. The first kappa shape index (κ1) is 16.8. The molecule has 1 rings (SSSR count). The molecular formula is C16H25ClN2O. The van der Waals surface area contributed by atoms with E-state index in [1.807, 2.05) is 12.1 Å². The van der Waals surface area contributed by atoms with Crippen molar-refractivity contribution >= 4 is 28.9 Å². The summed E-state index contributed by atoms with van der Waals surface area (Å²) in [6, 6.07) is 8.49. The molecule has 4 heteroatoms. The minimum absolute atomic E-state index is 0.0547. The summed E-state index contributed by atoms with van der Waals surface area (Å²) in [5.74, 6) is 0.670. The summed E-state index contributed by atoms with van der Waals surface area (Å²) in [4.78, 5) is 14.0. The molecule has 0 heterocycles. The highest BCUT2D eigenvalue weighted by Crippen LogP contribution is 2.20. The second-order valence-electron chi connectivity index (χ2n) is 5.12. The molecule has 3 nitrogen and oxygen atoms in total. The van der Waals surface area contributed by atoms with Crippen LogP contribution in [0.3, 0.4) is 0 Å². The fourth-order valence-electron chi connectivity index (χ4n) is 2.19. The maximum Gasteiger partial charge on any atom is 0.224 e. The van der Waals surface area contributed by atoms with Crippen LogP contribution in [0.5, 0.6) is 0 Å². The summed E-state index contributed by atoms with van der Waals surface area (Å²) in [6.45, 7) is 7.47. The highest BCUT2D eigenvalue weighted by atomic mass is 35.5. The number of halogens is 1. The van der Waals surface area contributed by atoms with E-state index < -0.39 is 0 Å². The molecule has 0 aliphatic rings. The Morgan fingerprint density at radius 3 is 2.40 bits per heavy atom. The van der Waals surface area contributed by atoms with Gasteiger partial charge in [0.1, 0.15) is 0 Å². The number of nitrogens with one attached hydrogen (secondary N) is 1. The number of benzene rings is 1. The fraction of sp³-hybridized carbons (Fsp3) is 0.562. The summed E-state index contributed by atoms with van der Waals surface area (Å²) < 4.78 is 0. The highest BCUT2D eigenvalue weighted by Gasteiger charge is 2.08. The highest BCUT2D eigenvalue weighted by molar-refractivity contribution is 6.17. The molecule has 0 aliphatic carbocycles. The smallest absolute Gasteiger partial charge is 0.224 e. The van der Waals surface area contributed by atoms with Gasteiger partial charge in [-0.25, -0.2) is 0 Å². The Morgan fingerprint density at radius 2 is 1.90 bits per heavy atom. The van der Waals surface area contributed by atoms with Crippen LogP contribution in [0.1, 0.15) is 40.0 Å². The van der Waals surface area contributed by atoms with Crippen LogP contribution in [0.4, 0.5) is 11.4 Å². The second kappa shape index (κ2) is 8.85. The van der Waals surface area contributed by atoms with Crippen LogP contribution in [-0.4, -0.2) is 24.4 Å². The lowest BCUT2D eigenvalue weighted by atomic mass is 10.2. The molecule has 0 radical (unpaired) electrons. The Balaban J connectivity index is 2.56. The van der Waals surface area contributed by atoms with Gasteiger partial charge in [-0.05, 0) is 57.9 Å². The van der Waals surface area contributed by atoms with Crippen molar-refractivity contribution in [3.05, 3.63) is 24.3 Å². The Kier molecular flexibility index (Phi) is 7.45. The van der Waals surface area contributed by atoms with Crippen molar-refractivity contribution in [2.24, 2.45) is 0 Å². The van der Waals surface area contributed by atoms with Crippen LogP contribution >= 0.6 is 11.6 Å². The van der Waals surface area contributed by atoms with E-state index in [-0.39, 0.29) is 5.91 Å². The van der Waals surface area contributed by atoms with Gasteiger partial charge < -0.3 is 10.2 Å². The normalized spacial score (nSPS) is 10.7. The van der Waals surface area contributed by atoms with Crippen molar-refractivity contribution in [3.63, 3.8) is 0 Å². The summed E-state index contributed by atoms with van der Waals surface area (Å²) in [5.41, 5.74) is 2.03. The van der Waals surface area contributed by atoms with Crippen molar-refractivity contribution < 1.29 is 4.79 Å². The topological polar surface area (TPSA) is 32.3 Å². The van der Waals surface area contributed by atoms with E-state index >= 15 is 0 Å². The largest absolute Gasteiger partial charge is 0.369 e. The third kappa shape index (κ3) is 5.41. The maximum absolute atomic E-state index is 11.7. The lowest BCUT2D eigenvalue weighted by Gasteiger charge is -2.27. The molecule has 0 aliphatic heterocycles. The Morgan fingerprint density at radius 1 is 1.25 bits per heavy atom. The standard InChI is InChI=1S/C16H25ClN2O/c1-4-19(13(2)3)15-10-8-14(9-11-15)18-16(20)7-5-6-12-17/h8-11,13H,4-7,12H2,1-3H3,(H,18,20). The number of nitrogens with zero attached hydrogens (tertiary/aromatic N) is 1. The first-order valence-corrected chi connectivity index (χ1v) is 7.84. The molecule has 0 unspecified atom stereocenters. The molecule has 0 saturated carbocycles. The molecule has 0 spiro atoms. The van der Waals surface area contributed by atoms with Crippen LogP contribution in [0.2, 0.25) is 0 Å². The van der Waals surface area contributed by atoms with Crippen LogP contribution in [-0.2, 0) is 4.79 Å². The van der Waals surface area contributed by atoms with Crippen molar-refractivity contribution in [1.82, 2.24) is 0 Å². The number of carbonyl (C=O) groups excluding carboxylic acids is 1. The van der Waals surface area contributed by atoms with Gasteiger partial charge in [0.2, 0.25) is 5.91 Å². The molecule has 20 heavy (non-hydrogen) atoms. The summed E-state index contributed by atoms with van der Waals surface area (Å²) in [5, 5.41) is 2.91. The van der Waals surface area contributed by atoms with Gasteiger partial charge in [0.25, 0.3) is 0 Å². The second-order valence-corrected chi connectivity index (χ2v) is 5.50. The number of unbranched alkanes of at least 4 members (excludes halogenated alkanes) is 1. The van der Waals surface area contributed by atoms with E-state index in [4.69, 9.17) is 11.6 Å². The van der Waals surface area contributed by atoms with Crippen molar-refractivity contribution in [1.29, 1.82) is 0 Å². The Bertz CT molecular complexity index is 403. The predicted molar refractivity (Wildman–Crippen MR) is 87.8 cm³/mol. The zero-order valence-corrected chi connectivity index (χ0v) is 13.4. The van der Waals surface area contributed by atoms with Crippen LogP contribution in [0, 0.1) is 0 Å². The molecule has 0 atom stereocenters. The number of anilines is 2. The number of alkyl halides is 1. The Hall–Kier alpha value is -1.22. The molecule has 112 valence electrons. The fourth-order valence-corrected chi connectivity index (χ4v) is 2.37. The average Bonchev–Trinajstić information content (AvgIpc) is 2.41. The minimum Gasteiger partial charge on any atom is -0.369 e. The maximum atomic E-state index is 11.7. The van der Waals surface area contributed by atoms with Gasteiger partial charge in [0, 0.05) is 36.3 Å². The number of carbonyl (C=O) groups is 1. The summed E-state index contributed by atoms with van der Waals surface area (Å²) in [6.07, 6.45) is 2.25. The molecule has 1 N–H and O–H groups in total. The number of hydrogen-bond donors (Lipinski definition) is 1. The van der Waals surface area contributed by atoms with Gasteiger partial charge in [-0.3, -0.25) is 4.79 Å². The zero-order valence-electron chi connectivity index (χ0n) is 12.7. The first-order valence-electron chi connectivity index (χ1n) is 7.31.